The second-order valence-electron chi connectivity index (χ2n) is 6.06. The van der Waals surface area contributed by atoms with E-state index in [4.69, 9.17) is 11.6 Å². The van der Waals surface area contributed by atoms with Crippen LogP contribution in [0.25, 0.3) is 0 Å². The molecule has 0 aromatic heterocycles. The van der Waals surface area contributed by atoms with Gasteiger partial charge in [0.15, 0.2) is 0 Å². The molecule has 0 radical (unpaired) electrons. The Morgan fingerprint density at radius 1 is 1.38 bits per heavy atom. The molecule has 5 nitrogen and oxygen atoms in total. The zero-order valence-corrected chi connectivity index (χ0v) is 13.5. The number of nitro groups is 1. The van der Waals surface area contributed by atoms with E-state index in [1.807, 2.05) is 6.92 Å². The number of likely N-dealkylation sites (N-methyl/N-ethyl adjacent to an activating group) is 1. The Balaban J connectivity index is 2.17. The highest BCUT2D eigenvalue weighted by atomic mass is 35.5. The summed E-state index contributed by atoms with van der Waals surface area (Å²) in [6.45, 7) is 2.69. The maximum Gasteiger partial charge on any atom is 0.288 e. The largest absolute Gasteiger partial charge is 0.383 e. The quantitative estimate of drug-likeness (QED) is 0.663. The Morgan fingerprint density at radius 3 is 2.52 bits per heavy atom. The molecule has 21 heavy (non-hydrogen) atoms. The number of nitrogens with zero attached hydrogens (tertiary/aromatic N) is 2. The van der Waals surface area contributed by atoms with E-state index in [0.717, 1.165) is 17.8 Å². The standard InChI is InChI=1S/C15H22ClN3O2/c1-11-8-14(19(20)21)12(16)9-13(11)17-10-15(18(2)3)6-4-5-7-15/h8-9,17H,4-7,10H2,1-3H3. The number of halogens is 1. The summed E-state index contributed by atoms with van der Waals surface area (Å²) in [5, 5.41) is 14.5. The molecule has 1 aromatic rings. The van der Waals surface area contributed by atoms with Crippen molar-refractivity contribution in [2.45, 2.75) is 38.1 Å². The number of nitro benzene ring substituents is 1. The van der Waals surface area contributed by atoms with Crippen molar-refractivity contribution in [1.82, 2.24) is 4.90 Å². The van der Waals surface area contributed by atoms with Crippen LogP contribution in [0.3, 0.4) is 0 Å². The Kier molecular flexibility index (Phi) is 4.74. The summed E-state index contributed by atoms with van der Waals surface area (Å²) in [5.41, 5.74) is 1.85. The minimum absolute atomic E-state index is 0.0390. The third kappa shape index (κ3) is 3.30. The van der Waals surface area contributed by atoms with Crippen LogP contribution in [-0.4, -0.2) is 36.0 Å². The number of benzene rings is 1. The molecule has 0 heterocycles. The molecule has 0 saturated heterocycles. The fourth-order valence-electron chi connectivity index (χ4n) is 3.07. The fraction of sp³-hybridized carbons (Fsp3) is 0.600. The SMILES string of the molecule is Cc1cc([N+](=O)[O-])c(Cl)cc1NCC1(N(C)C)CCCC1. The Bertz CT molecular complexity index is 540. The molecular weight excluding hydrogens is 290 g/mol. The van der Waals surface area contributed by atoms with Crippen molar-refractivity contribution in [3.8, 4) is 0 Å². The van der Waals surface area contributed by atoms with Gasteiger partial charge in [0.25, 0.3) is 5.69 Å². The average Bonchev–Trinajstić information content (AvgIpc) is 2.89. The molecule has 0 atom stereocenters. The zero-order chi connectivity index (χ0) is 15.6. The van der Waals surface area contributed by atoms with Crippen molar-refractivity contribution in [1.29, 1.82) is 0 Å². The van der Waals surface area contributed by atoms with Crippen LogP contribution in [0.1, 0.15) is 31.2 Å². The lowest BCUT2D eigenvalue weighted by Crippen LogP contribution is -2.47. The highest BCUT2D eigenvalue weighted by molar-refractivity contribution is 6.33. The van der Waals surface area contributed by atoms with Gasteiger partial charge < -0.3 is 10.2 Å². The molecule has 6 heteroatoms. The van der Waals surface area contributed by atoms with Crippen molar-refractivity contribution >= 4 is 23.0 Å². The summed E-state index contributed by atoms with van der Waals surface area (Å²) in [6.07, 6.45) is 4.85. The molecule has 2 rings (SSSR count). The molecule has 1 N–H and O–H groups in total. The first-order chi connectivity index (χ1) is 9.85. The zero-order valence-electron chi connectivity index (χ0n) is 12.8. The van der Waals surface area contributed by atoms with Gasteiger partial charge in [-0.1, -0.05) is 24.4 Å². The molecule has 116 valence electrons. The summed E-state index contributed by atoms with van der Waals surface area (Å²) in [4.78, 5) is 12.7. The lowest BCUT2D eigenvalue weighted by atomic mass is 9.95. The van der Waals surface area contributed by atoms with Crippen LogP contribution in [0, 0.1) is 17.0 Å². The highest BCUT2D eigenvalue weighted by Gasteiger charge is 2.35. The smallest absolute Gasteiger partial charge is 0.288 e. The van der Waals surface area contributed by atoms with Crippen molar-refractivity contribution in [3.05, 3.63) is 32.8 Å². The highest BCUT2D eigenvalue weighted by Crippen LogP contribution is 2.35. The first kappa shape index (κ1) is 16.0. The molecule has 1 aromatic carbocycles. The van der Waals surface area contributed by atoms with E-state index in [-0.39, 0.29) is 16.2 Å². The second-order valence-corrected chi connectivity index (χ2v) is 6.46. The maximum atomic E-state index is 10.9. The van der Waals surface area contributed by atoms with Crippen molar-refractivity contribution in [2.24, 2.45) is 0 Å². The molecule has 0 amide bonds. The molecule has 0 spiro atoms. The van der Waals surface area contributed by atoms with Crippen LogP contribution in [0.2, 0.25) is 5.02 Å². The van der Waals surface area contributed by atoms with Gasteiger partial charge in [0.1, 0.15) is 5.02 Å². The molecular formula is C15H22ClN3O2. The third-order valence-electron chi connectivity index (χ3n) is 4.58. The lowest BCUT2D eigenvalue weighted by molar-refractivity contribution is -0.384. The van der Waals surface area contributed by atoms with E-state index in [1.165, 1.54) is 31.7 Å². The summed E-state index contributed by atoms with van der Waals surface area (Å²) < 4.78 is 0. The van der Waals surface area contributed by atoms with Gasteiger partial charge >= 0.3 is 0 Å². The van der Waals surface area contributed by atoms with Crippen LogP contribution in [0.15, 0.2) is 12.1 Å². The third-order valence-corrected chi connectivity index (χ3v) is 4.88. The predicted octanol–water partition coefficient (Wildman–Crippen LogP) is 3.84. The van der Waals surface area contributed by atoms with Crippen LogP contribution < -0.4 is 5.32 Å². The van der Waals surface area contributed by atoms with Crippen molar-refractivity contribution in [3.63, 3.8) is 0 Å². The van der Waals surface area contributed by atoms with E-state index in [2.05, 4.69) is 24.3 Å². The van der Waals surface area contributed by atoms with Crippen LogP contribution in [-0.2, 0) is 0 Å². The van der Waals surface area contributed by atoms with Gasteiger partial charge in [-0.25, -0.2) is 0 Å². The summed E-state index contributed by atoms with van der Waals surface area (Å²) in [5.74, 6) is 0. The van der Waals surface area contributed by atoms with E-state index in [0.29, 0.717) is 0 Å². The Hall–Kier alpha value is -1.33. The van der Waals surface area contributed by atoms with E-state index in [9.17, 15) is 10.1 Å². The number of hydrogen-bond donors (Lipinski definition) is 1. The van der Waals surface area contributed by atoms with E-state index in [1.54, 1.807) is 6.07 Å². The van der Waals surface area contributed by atoms with E-state index >= 15 is 0 Å². The molecule has 0 unspecified atom stereocenters. The Morgan fingerprint density at radius 2 is 2.00 bits per heavy atom. The predicted molar refractivity (Wildman–Crippen MR) is 86.2 cm³/mol. The van der Waals surface area contributed by atoms with E-state index < -0.39 is 4.92 Å². The number of nitrogens with one attached hydrogen (secondary N) is 1. The van der Waals surface area contributed by atoms with Crippen LogP contribution >= 0.6 is 11.6 Å². The number of anilines is 1. The summed E-state index contributed by atoms with van der Waals surface area (Å²) in [7, 11) is 4.23. The van der Waals surface area contributed by atoms with Gasteiger partial charge in [0.05, 0.1) is 4.92 Å². The number of rotatable bonds is 5. The van der Waals surface area contributed by atoms with Crippen LogP contribution in [0.5, 0.6) is 0 Å². The van der Waals surface area contributed by atoms with Gasteiger partial charge in [0.2, 0.25) is 0 Å². The summed E-state index contributed by atoms with van der Waals surface area (Å²) in [6, 6.07) is 3.19. The Labute approximate surface area is 130 Å². The van der Waals surface area contributed by atoms with Gasteiger partial charge in [-0.3, -0.25) is 10.1 Å². The molecule has 1 aliphatic carbocycles. The molecule has 1 saturated carbocycles. The topological polar surface area (TPSA) is 58.4 Å². The maximum absolute atomic E-state index is 10.9. The fourth-order valence-corrected chi connectivity index (χ4v) is 3.30. The number of hydrogen-bond acceptors (Lipinski definition) is 4. The van der Waals surface area contributed by atoms with Crippen molar-refractivity contribution in [2.75, 3.05) is 26.0 Å². The molecule has 0 aliphatic heterocycles. The monoisotopic (exact) mass is 311 g/mol. The molecule has 0 bridgehead atoms. The molecule has 1 aliphatic rings. The minimum Gasteiger partial charge on any atom is -0.383 e. The minimum atomic E-state index is -0.447. The number of aryl methyl sites for hydroxylation is 1. The van der Waals surface area contributed by atoms with Crippen molar-refractivity contribution < 1.29 is 4.92 Å². The first-order valence-corrected chi connectivity index (χ1v) is 7.59. The first-order valence-electron chi connectivity index (χ1n) is 7.21. The van der Waals surface area contributed by atoms with Gasteiger partial charge in [0, 0.05) is 23.8 Å². The average molecular weight is 312 g/mol. The van der Waals surface area contributed by atoms with Crippen LogP contribution in [0.4, 0.5) is 11.4 Å². The van der Waals surface area contributed by atoms with Gasteiger partial charge in [-0.05, 0) is 45.5 Å². The molecule has 1 fully saturated rings. The summed E-state index contributed by atoms with van der Waals surface area (Å²) >= 11 is 6.00. The second kappa shape index (κ2) is 6.20. The van der Waals surface area contributed by atoms with Gasteiger partial charge in [-0.2, -0.15) is 0 Å². The lowest BCUT2D eigenvalue weighted by Gasteiger charge is -2.37. The normalized spacial score (nSPS) is 17.2. The van der Waals surface area contributed by atoms with Gasteiger partial charge in [-0.15, -0.1) is 0 Å².